The quantitative estimate of drug-likeness (QED) is 0.679. The second-order valence-electron chi connectivity index (χ2n) is 4.55. The smallest absolute Gasteiger partial charge is 0.130 e. The Morgan fingerprint density at radius 3 is 2.64 bits per heavy atom. The van der Waals surface area contributed by atoms with Crippen LogP contribution in [0, 0.1) is 11.6 Å². The molecule has 1 aromatic carbocycles. The molecule has 0 radical (unpaired) electrons. The van der Waals surface area contributed by atoms with Gasteiger partial charge in [-0.2, -0.15) is 0 Å². The average Bonchev–Trinajstić information content (AvgIpc) is 2.21. The van der Waals surface area contributed by atoms with E-state index in [4.69, 9.17) is 5.73 Å². The van der Waals surface area contributed by atoms with Crippen molar-refractivity contribution in [2.75, 3.05) is 0 Å². The molecular weight excluding hydrogens is 184 g/mol. The van der Waals surface area contributed by atoms with Gasteiger partial charge in [-0.15, -0.1) is 0 Å². The zero-order valence-electron chi connectivity index (χ0n) is 8.27. The van der Waals surface area contributed by atoms with Crippen molar-refractivity contribution in [3.05, 3.63) is 34.9 Å². The van der Waals surface area contributed by atoms with Gasteiger partial charge in [0, 0.05) is 12.1 Å². The molecule has 3 heteroatoms. The normalized spacial score (nSPS) is 23.6. The van der Waals surface area contributed by atoms with Crippen LogP contribution in [0.3, 0.4) is 0 Å². The molecule has 0 aromatic heterocycles. The largest absolute Gasteiger partial charge is 0.324 e. The van der Waals surface area contributed by atoms with Crippen molar-refractivity contribution >= 4 is 0 Å². The van der Waals surface area contributed by atoms with E-state index in [1.165, 1.54) is 6.07 Å². The SMILES string of the molecule is CC1(C)CC(N)c2cc(F)cc(F)c21. The fourth-order valence-electron chi connectivity index (χ4n) is 2.36. The van der Waals surface area contributed by atoms with Gasteiger partial charge in [-0.25, -0.2) is 8.78 Å². The van der Waals surface area contributed by atoms with Crippen LogP contribution in [0.5, 0.6) is 0 Å². The van der Waals surface area contributed by atoms with Crippen molar-refractivity contribution in [2.24, 2.45) is 5.73 Å². The van der Waals surface area contributed by atoms with E-state index in [0.717, 1.165) is 6.07 Å². The van der Waals surface area contributed by atoms with Gasteiger partial charge in [0.2, 0.25) is 0 Å². The average molecular weight is 197 g/mol. The molecule has 0 bridgehead atoms. The molecule has 0 heterocycles. The van der Waals surface area contributed by atoms with Gasteiger partial charge in [0.25, 0.3) is 0 Å². The van der Waals surface area contributed by atoms with Gasteiger partial charge in [0.05, 0.1) is 0 Å². The highest BCUT2D eigenvalue weighted by atomic mass is 19.1. The maximum absolute atomic E-state index is 13.5. The van der Waals surface area contributed by atoms with Crippen molar-refractivity contribution in [3.8, 4) is 0 Å². The topological polar surface area (TPSA) is 26.0 Å². The molecule has 0 fully saturated rings. The zero-order chi connectivity index (χ0) is 10.5. The molecule has 0 amide bonds. The van der Waals surface area contributed by atoms with Crippen LogP contribution in [-0.4, -0.2) is 0 Å². The molecule has 1 aliphatic rings. The van der Waals surface area contributed by atoms with E-state index in [2.05, 4.69) is 0 Å². The maximum Gasteiger partial charge on any atom is 0.130 e. The summed E-state index contributed by atoms with van der Waals surface area (Å²) in [5.41, 5.74) is 6.73. The molecule has 1 aromatic rings. The molecule has 1 atom stereocenters. The summed E-state index contributed by atoms with van der Waals surface area (Å²) < 4.78 is 26.5. The fourth-order valence-corrected chi connectivity index (χ4v) is 2.36. The molecule has 0 saturated carbocycles. The molecule has 2 rings (SSSR count). The number of hydrogen-bond donors (Lipinski definition) is 1. The molecule has 0 spiro atoms. The van der Waals surface area contributed by atoms with Crippen LogP contribution in [0.2, 0.25) is 0 Å². The van der Waals surface area contributed by atoms with Crippen molar-refractivity contribution in [1.29, 1.82) is 0 Å². The Hall–Kier alpha value is -0.960. The Morgan fingerprint density at radius 2 is 2.00 bits per heavy atom. The first-order valence-corrected chi connectivity index (χ1v) is 4.67. The third kappa shape index (κ3) is 1.23. The first-order valence-electron chi connectivity index (χ1n) is 4.67. The maximum atomic E-state index is 13.5. The highest BCUT2D eigenvalue weighted by Gasteiger charge is 2.37. The number of benzene rings is 1. The zero-order valence-corrected chi connectivity index (χ0v) is 8.27. The number of rotatable bonds is 0. The Labute approximate surface area is 81.9 Å². The molecule has 1 unspecified atom stereocenters. The first-order chi connectivity index (χ1) is 6.42. The Kier molecular flexibility index (Phi) is 1.89. The summed E-state index contributed by atoms with van der Waals surface area (Å²) in [5.74, 6) is -1.02. The van der Waals surface area contributed by atoms with Gasteiger partial charge in [0.15, 0.2) is 0 Å². The third-order valence-corrected chi connectivity index (χ3v) is 2.89. The molecule has 0 aliphatic heterocycles. The standard InChI is InChI=1S/C11H13F2N/c1-11(2)5-9(14)7-3-6(12)4-8(13)10(7)11/h3-4,9H,5,14H2,1-2H3. The molecule has 76 valence electrons. The van der Waals surface area contributed by atoms with Crippen LogP contribution >= 0.6 is 0 Å². The predicted octanol–water partition coefficient (Wildman–Crippen LogP) is 2.65. The van der Waals surface area contributed by atoms with Gasteiger partial charge in [-0.05, 0) is 29.0 Å². The number of halogens is 2. The van der Waals surface area contributed by atoms with Crippen LogP contribution in [-0.2, 0) is 5.41 Å². The van der Waals surface area contributed by atoms with E-state index in [1.54, 1.807) is 0 Å². The van der Waals surface area contributed by atoms with Gasteiger partial charge in [-0.3, -0.25) is 0 Å². The lowest BCUT2D eigenvalue weighted by Gasteiger charge is -2.19. The van der Waals surface area contributed by atoms with E-state index in [9.17, 15) is 8.78 Å². The van der Waals surface area contributed by atoms with E-state index >= 15 is 0 Å². The lowest BCUT2D eigenvalue weighted by molar-refractivity contribution is 0.460. The molecule has 14 heavy (non-hydrogen) atoms. The van der Waals surface area contributed by atoms with Crippen LogP contribution in [0.1, 0.15) is 37.4 Å². The highest BCUT2D eigenvalue weighted by Crippen LogP contribution is 2.44. The lowest BCUT2D eigenvalue weighted by Crippen LogP contribution is -2.15. The van der Waals surface area contributed by atoms with Crippen molar-refractivity contribution in [2.45, 2.75) is 31.7 Å². The van der Waals surface area contributed by atoms with Crippen molar-refractivity contribution < 1.29 is 8.78 Å². The van der Waals surface area contributed by atoms with Crippen molar-refractivity contribution in [3.63, 3.8) is 0 Å². The number of fused-ring (bicyclic) bond motifs is 1. The second-order valence-corrected chi connectivity index (χ2v) is 4.55. The summed E-state index contributed by atoms with van der Waals surface area (Å²) in [6, 6.07) is 2.03. The molecule has 1 aliphatic carbocycles. The van der Waals surface area contributed by atoms with Gasteiger partial charge in [-0.1, -0.05) is 13.8 Å². The highest BCUT2D eigenvalue weighted by molar-refractivity contribution is 5.42. The lowest BCUT2D eigenvalue weighted by atomic mass is 9.86. The van der Waals surface area contributed by atoms with Crippen LogP contribution in [0.4, 0.5) is 8.78 Å². The summed E-state index contributed by atoms with van der Waals surface area (Å²) in [5, 5.41) is 0. The van der Waals surface area contributed by atoms with Gasteiger partial charge in [0.1, 0.15) is 11.6 Å². The summed E-state index contributed by atoms with van der Waals surface area (Å²) in [6.07, 6.45) is 0.669. The number of hydrogen-bond acceptors (Lipinski definition) is 1. The number of nitrogens with two attached hydrogens (primary N) is 1. The summed E-state index contributed by atoms with van der Waals surface area (Å²) in [4.78, 5) is 0. The molecular formula is C11H13F2N. The van der Waals surface area contributed by atoms with Crippen LogP contribution in [0.25, 0.3) is 0 Å². The second kappa shape index (κ2) is 2.76. The fraction of sp³-hybridized carbons (Fsp3) is 0.455. The monoisotopic (exact) mass is 197 g/mol. The minimum Gasteiger partial charge on any atom is -0.324 e. The Bertz CT molecular complexity index is 385. The Balaban J connectivity index is 2.69. The van der Waals surface area contributed by atoms with E-state index in [0.29, 0.717) is 17.5 Å². The first kappa shape index (κ1) is 9.59. The Morgan fingerprint density at radius 1 is 1.36 bits per heavy atom. The minimum absolute atomic E-state index is 0.245. The summed E-state index contributed by atoms with van der Waals surface area (Å²) in [7, 11) is 0. The third-order valence-electron chi connectivity index (χ3n) is 2.89. The molecule has 0 saturated heterocycles. The van der Waals surface area contributed by atoms with Gasteiger partial charge < -0.3 is 5.73 Å². The predicted molar refractivity (Wildman–Crippen MR) is 50.9 cm³/mol. The minimum atomic E-state index is -0.547. The molecule has 1 nitrogen and oxygen atoms in total. The molecule has 2 N–H and O–H groups in total. The van der Waals surface area contributed by atoms with E-state index in [1.807, 2.05) is 13.8 Å². The van der Waals surface area contributed by atoms with E-state index in [-0.39, 0.29) is 11.5 Å². The van der Waals surface area contributed by atoms with Crippen LogP contribution < -0.4 is 5.73 Å². The van der Waals surface area contributed by atoms with Gasteiger partial charge >= 0.3 is 0 Å². The van der Waals surface area contributed by atoms with Crippen LogP contribution in [0.15, 0.2) is 12.1 Å². The summed E-state index contributed by atoms with van der Waals surface area (Å²) in [6.45, 7) is 3.86. The van der Waals surface area contributed by atoms with Crippen molar-refractivity contribution in [1.82, 2.24) is 0 Å². The summed E-state index contributed by atoms with van der Waals surface area (Å²) >= 11 is 0. The van der Waals surface area contributed by atoms with E-state index < -0.39 is 11.6 Å².